The van der Waals surface area contributed by atoms with Crippen molar-refractivity contribution in [1.82, 2.24) is 4.98 Å². The van der Waals surface area contributed by atoms with E-state index in [9.17, 15) is 0 Å². The van der Waals surface area contributed by atoms with Crippen molar-refractivity contribution >= 4 is 11.6 Å². The molecule has 0 aliphatic rings. The first-order valence-electron chi connectivity index (χ1n) is 6.11. The van der Waals surface area contributed by atoms with E-state index in [2.05, 4.69) is 4.98 Å². The monoisotopic (exact) mass is 276 g/mol. The van der Waals surface area contributed by atoms with E-state index in [0.717, 1.165) is 28.0 Å². The lowest BCUT2D eigenvalue weighted by Crippen LogP contribution is -2.00. The highest BCUT2D eigenvalue weighted by atomic mass is 35.5. The average molecular weight is 277 g/mol. The van der Waals surface area contributed by atoms with E-state index in [4.69, 9.17) is 22.1 Å². The second kappa shape index (κ2) is 5.59. The molecule has 0 fully saturated rings. The van der Waals surface area contributed by atoms with Gasteiger partial charge in [0, 0.05) is 23.3 Å². The minimum atomic E-state index is 0.479. The van der Waals surface area contributed by atoms with Gasteiger partial charge in [0.1, 0.15) is 5.75 Å². The second-order valence-electron chi connectivity index (χ2n) is 4.64. The summed E-state index contributed by atoms with van der Waals surface area (Å²) >= 11 is 6.01. The topological polar surface area (TPSA) is 48.1 Å². The maximum atomic E-state index is 6.01. The molecule has 19 heavy (non-hydrogen) atoms. The van der Waals surface area contributed by atoms with Gasteiger partial charge in [0.15, 0.2) is 0 Å². The largest absolute Gasteiger partial charge is 0.438 e. The number of nitrogens with zero attached hydrogens (tertiary/aromatic N) is 1. The van der Waals surface area contributed by atoms with Crippen molar-refractivity contribution in [1.29, 1.82) is 0 Å². The maximum absolute atomic E-state index is 6.01. The molecule has 1 heterocycles. The molecule has 0 radical (unpaired) electrons. The number of hydrogen-bond acceptors (Lipinski definition) is 3. The van der Waals surface area contributed by atoms with Crippen LogP contribution in [0.4, 0.5) is 0 Å². The van der Waals surface area contributed by atoms with E-state index in [-0.39, 0.29) is 0 Å². The Morgan fingerprint density at radius 1 is 1.11 bits per heavy atom. The summed E-state index contributed by atoms with van der Waals surface area (Å²) < 4.78 is 5.91. The number of benzene rings is 1. The molecule has 0 bridgehead atoms. The van der Waals surface area contributed by atoms with Crippen molar-refractivity contribution in [2.75, 3.05) is 0 Å². The van der Waals surface area contributed by atoms with Crippen LogP contribution in [0.1, 0.15) is 22.3 Å². The zero-order valence-electron chi connectivity index (χ0n) is 11.3. The molecule has 2 aromatic rings. The number of hydrogen-bond donors (Lipinski definition) is 1. The number of ether oxygens (including phenoxy) is 1. The third-order valence-electron chi connectivity index (χ3n) is 2.95. The lowest BCUT2D eigenvalue weighted by Gasteiger charge is -2.13. The lowest BCUT2D eigenvalue weighted by atomic mass is 10.1. The zero-order chi connectivity index (χ0) is 14.0. The number of aryl methyl sites for hydroxylation is 3. The predicted octanol–water partition coefficient (Wildman–Crippen LogP) is 3.91. The minimum absolute atomic E-state index is 0.479. The normalized spacial score (nSPS) is 10.6. The summed E-state index contributed by atoms with van der Waals surface area (Å²) in [4.78, 5) is 4.31. The van der Waals surface area contributed by atoms with Crippen molar-refractivity contribution in [2.45, 2.75) is 27.3 Å². The van der Waals surface area contributed by atoms with Gasteiger partial charge in [-0.3, -0.25) is 0 Å². The zero-order valence-corrected chi connectivity index (χ0v) is 12.1. The van der Waals surface area contributed by atoms with Gasteiger partial charge in [0.2, 0.25) is 5.88 Å². The third-order valence-corrected chi connectivity index (χ3v) is 3.16. The summed E-state index contributed by atoms with van der Waals surface area (Å²) in [5.41, 5.74) is 9.54. The van der Waals surface area contributed by atoms with Crippen LogP contribution in [0.15, 0.2) is 24.4 Å². The number of rotatable bonds is 3. The number of nitrogens with two attached hydrogens (primary N) is 1. The standard InChI is InChI=1S/C15H17ClN2O/c1-9-5-13(16)6-10(2)14(9)19-15-11(3)4-12(7-17)8-18-15/h4-6,8H,7,17H2,1-3H3. The quantitative estimate of drug-likeness (QED) is 0.924. The Morgan fingerprint density at radius 3 is 2.26 bits per heavy atom. The van der Waals surface area contributed by atoms with Crippen LogP contribution < -0.4 is 10.5 Å². The molecule has 0 saturated carbocycles. The molecule has 1 aromatic heterocycles. The van der Waals surface area contributed by atoms with Gasteiger partial charge in [0.25, 0.3) is 0 Å². The summed E-state index contributed by atoms with van der Waals surface area (Å²) in [7, 11) is 0. The van der Waals surface area contributed by atoms with Crippen molar-refractivity contribution < 1.29 is 4.74 Å². The molecule has 0 atom stereocenters. The SMILES string of the molecule is Cc1cc(CN)cnc1Oc1c(C)cc(Cl)cc1C. The Bertz CT molecular complexity index is 588. The molecule has 1 aromatic carbocycles. The fourth-order valence-electron chi connectivity index (χ4n) is 1.99. The smallest absolute Gasteiger partial charge is 0.222 e. The van der Waals surface area contributed by atoms with Crippen molar-refractivity contribution in [3.8, 4) is 11.6 Å². The van der Waals surface area contributed by atoms with Crippen LogP contribution in [0.5, 0.6) is 11.6 Å². The molecule has 0 saturated heterocycles. The summed E-state index contributed by atoms with van der Waals surface area (Å²) in [6.07, 6.45) is 1.74. The molecule has 0 aliphatic carbocycles. The molecule has 3 nitrogen and oxygen atoms in total. The van der Waals surface area contributed by atoms with Gasteiger partial charge in [-0.2, -0.15) is 0 Å². The van der Waals surface area contributed by atoms with E-state index >= 15 is 0 Å². The first-order valence-corrected chi connectivity index (χ1v) is 6.49. The molecule has 2 rings (SSSR count). The van der Waals surface area contributed by atoms with Crippen LogP contribution in [0.3, 0.4) is 0 Å². The molecule has 0 spiro atoms. The molecule has 0 unspecified atom stereocenters. The molecular formula is C15H17ClN2O. The van der Waals surface area contributed by atoms with E-state index in [1.54, 1.807) is 6.20 Å². The first kappa shape index (κ1) is 13.8. The van der Waals surface area contributed by atoms with Gasteiger partial charge < -0.3 is 10.5 Å². The Hall–Kier alpha value is -1.58. The van der Waals surface area contributed by atoms with Crippen LogP contribution in [0, 0.1) is 20.8 Å². The summed E-state index contributed by atoms with van der Waals surface area (Å²) in [5, 5.41) is 0.713. The Balaban J connectivity index is 2.36. The molecule has 0 aliphatic heterocycles. The summed E-state index contributed by atoms with van der Waals surface area (Å²) in [6.45, 7) is 6.38. The highest BCUT2D eigenvalue weighted by Gasteiger charge is 2.10. The fraction of sp³-hybridized carbons (Fsp3) is 0.267. The minimum Gasteiger partial charge on any atom is -0.438 e. The Morgan fingerprint density at radius 2 is 1.74 bits per heavy atom. The van der Waals surface area contributed by atoms with Gasteiger partial charge in [0.05, 0.1) is 0 Å². The molecule has 0 amide bonds. The van der Waals surface area contributed by atoms with Crippen LogP contribution in [0.2, 0.25) is 5.02 Å². The molecular weight excluding hydrogens is 260 g/mol. The van der Waals surface area contributed by atoms with Gasteiger partial charge in [-0.05, 0) is 55.7 Å². The van der Waals surface area contributed by atoms with Crippen LogP contribution >= 0.6 is 11.6 Å². The summed E-state index contributed by atoms with van der Waals surface area (Å²) in [6, 6.07) is 5.75. The van der Waals surface area contributed by atoms with E-state index in [0.29, 0.717) is 17.4 Å². The summed E-state index contributed by atoms with van der Waals surface area (Å²) in [5.74, 6) is 1.41. The molecule has 2 N–H and O–H groups in total. The second-order valence-corrected chi connectivity index (χ2v) is 5.08. The van der Waals surface area contributed by atoms with Crippen molar-refractivity contribution in [3.63, 3.8) is 0 Å². The van der Waals surface area contributed by atoms with E-state index < -0.39 is 0 Å². The van der Waals surface area contributed by atoms with Crippen molar-refractivity contribution in [2.24, 2.45) is 5.73 Å². The molecule has 100 valence electrons. The van der Waals surface area contributed by atoms with Crippen LogP contribution in [-0.4, -0.2) is 4.98 Å². The van der Waals surface area contributed by atoms with Crippen molar-refractivity contribution in [3.05, 3.63) is 51.7 Å². The first-order chi connectivity index (χ1) is 9.01. The average Bonchev–Trinajstić information content (AvgIpc) is 2.35. The van der Waals surface area contributed by atoms with Gasteiger partial charge in [-0.1, -0.05) is 11.6 Å². The highest BCUT2D eigenvalue weighted by molar-refractivity contribution is 6.30. The van der Waals surface area contributed by atoms with Gasteiger partial charge in [-0.25, -0.2) is 4.98 Å². The number of halogens is 1. The van der Waals surface area contributed by atoms with Crippen LogP contribution in [-0.2, 0) is 6.54 Å². The number of aromatic nitrogens is 1. The van der Waals surface area contributed by atoms with E-state index in [1.165, 1.54) is 0 Å². The number of pyridine rings is 1. The Labute approximate surface area is 118 Å². The van der Waals surface area contributed by atoms with E-state index in [1.807, 2.05) is 39.0 Å². The highest BCUT2D eigenvalue weighted by Crippen LogP contribution is 2.31. The fourth-order valence-corrected chi connectivity index (χ4v) is 2.32. The third kappa shape index (κ3) is 3.06. The molecule has 4 heteroatoms. The van der Waals surface area contributed by atoms with Gasteiger partial charge in [-0.15, -0.1) is 0 Å². The van der Waals surface area contributed by atoms with Gasteiger partial charge >= 0.3 is 0 Å². The predicted molar refractivity (Wildman–Crippen MR) is 77.9 cm³/mol. The maximum Gasteiger partial charge on any atom is 0.222 e. The lowest BCUT2D eigenvalue weighted by molar-refractivity contribution is 0.451. The Kier molecular flexibility index (Phi) is 4.08. The van der Waals surface area contributed by atoms with Crippen LogP contribution in [0.25, 0.3) is 0 Å².